The number of carbonyl (C=O) groups is 1. The summed E-state index contributed by atoms with van der Waals surface area (Å²) in [6.45, 7) is 0.829. The van der Waals surface area contributed by atoms with E-state index in [1.165, 1.54) is 7.11 Å². The summed E-state index contributed by atoms with van der Waals surface area (Å²) in [7, 11) is 1.28. The van der Waals surface area contributed by atoms with E-state index in [9.17, 15) is 15.1 Å². The zero-order chi connectivity index (χ0) is 18.6. The van der Waals surface area contributed by atoms with Crippen LogP contribution in [0.15, 0.2) is 60.7 Å². The van der Waals surface area contributed by atoms with Crippen molar-refractivity contribution in [2.75, 3.05) is 7.11 Å². The van der Waals surface area contributed by atoms with Crippen LogP contribution in [-0.2, 0) is 22.6 Å². The van der Waals surface area contributed by atoms with E-state index < -0.39 is 11.6 Å². The molecule has 1 saturated carbocycles. The first-order valence-corrected chi connectivity index (χ1v) is 8.93. The Bertz CT molecular complexity index is 693. The first-order chi connectivity index (χ1) is 12.5. The van der Waals surface area contributed by atoms with Crippen molar-refractivity contribution < 1.29 is 24.5 Å². The van der Waals surface area contributed by atoms with Crippen molar-refractivity contribution in [3.8, 4) is 0 Å². The first-order valence-electron chi connectivity index (χ1n) is 8.93. The molecule has 1 fully saturated rings. The third-order valence-electron chi connectivity index (χ3n) is 5.31. The number of ether oxygens (including phenoxy) is 1. The lowest BCUT2D eigenvalue weighted by atomic mass is 10.0. The zero-order valence-corrected chi connectivity index (χ0v) is 15.0. The van der Waals surface area contributed by atoms with E-state index in [-0.39, 0.29) is 17.1 Å². The molecule has 2 N–H and O–H groups in total. The molecular formula is C21H26NO4+. The summed E-state index contributed by atoms with van der Waals surface area (Å²) in [6.07, 6.45) is 1.05. The normalized spacial score (nSPS) is 23.0. The van der Waals surface area contributed by atoms with Gasteiger partial charge in [-0.2, -0.15) is 4.65 Å². The second kappa shape index (κ2) is 7.58. The van der Waals surface area contributed by atoms with Crippen LogP contribution in [0.5, 0.6) is 0 Å². The molecule has 3 rings (SSSR count). The number of hydrogen-bond acceptors (Lipinski definition) is 4. The fraction of sp³-hybridized carbons (Fsp3) is 0.381. The molecule has 138 valence electrons. The van der Waals surface area contributed by atoms with E-state index in [2.05, 4.69) is 0 Å². The molecule has 0 heterocycles. The van der Waals surface area contributed by atoms with Gasteiger partial charge < -0.3 is 9.84 Å². The molecule has 1 aliphatic rings. The third kappa shape index (κ3) is 3.96. The van der Waals surface area contributed by atoms with Gasteiger partial charge in [0.1, 0.15) is 19.1 Å². The number of nitrogens with zero attached hydrogens (tertiary/aromatic N) is 1. The molecule has 2 atom stereocenters. The van der Waals surface area contributed by atoms with E-state index >= 15 is 0 Å². The lowest BCUT2D eigenvalue weighted by Gasteiger charge is -2.36. The highest BCUT2D eigenvalue weighted by Gasteiger charge is 2.52. The Morgan fingerprint density at radius 3 is 2.04 bits per heavy atom. The highest BCUT2D eigenvalue weighted by atomic mass is 16.6. The van der Waals surface area contributed by atoms with Gasteiger partial charge in [0.25, 0.3) is 0 Å². The number of hydroxylamine groups is 3. The van der Waals surface area contributed by atoms with Crippen molar-refractivity contribution in [2.45, 2.75) is 44.0 Å². The van der Waals surface area contributed by atoms with Gasteiger partial charge >= 0.3 is 5.97 Å². The Morgan fingerprint density at radius 1 is 1.08 bits per heavy atom. The van der Waals surface area contributed by atoms with Crippen LogP contribution >= 0.6 is 0 Å². The molecular weight excluding hydrogens is 330 g/mol. The Hall–Kier alpha value is -2.21. The number of benzene rings is 2. The third-order valence-corrected chi connectivity index (χ3v) is 5.31. The number of methoxy groups -OCH3 is 1. The van der Waals surface area contributed by atoms with Crippen LogP contribution in [-0.4, -0.2) is 39.7 Å². The molecule has 5 heteroatoms. The molecule has 2 aromatic carbocycles. The maximum absolute atomic E-state index is 12.0. The average molecular weight is 356 g/mol. The second-order valence-corrected chi connectivity index (χ2v) is 7.19. The van der Waals surface area contributed by atoms with Gasteiger partial charge in [0.2, 0.25) is 0 Å². The predicted molar refractivity (Wildman–Crippen MR) is 96.9 cm³/mol. The SMILES string of the molecule is COC(=O)C1(O)CCC([N+](O)(Cc2ccccc2)Cc2ccccc2)C1. The van der Waals surface area contributed by atoms with Crippen LogP contribution in [0.1, 0.15) is 30.4 Å². The zero-order valence-electron chi connectivity index (χ0n) is 15.0. The summed E-state index contributed by atoms with van der Waals surface area (Å²) in [5, 5.41) is 22.2. The largest absolute Gasteiger partial charge is 0.467 e. The van der Waals surface area contributed by atoms with Gasteiger partial charge in [-0.15, -0.1) is 0 Å². The maximum Gasteiger partial charge on any atom is 0.338 e. The summed E-state index contributed by atoms with van der Waals surface area (Å²) in [6, 6.07) is 19.3. The molecule has 0 spiro atoms. The number of carbonyl (C=O) groups excluding carboxylic acids is 1. The number of hydrogen-bond donors (Lipinski definition) is 2. The molecule has 0 aliphatic heterocycles. The van der Waals surface area contributed by atoms with E-state index in [0.717, 1.165) is 11.1 Å². The van der Waals surface area contributed by atoms with Gasteiger partial charge in [-0.05, 0) is 6.42 Å². The molecule has 1 aliphatic carbocycles. The molecule has 0 saturated heterocycles. The Balaban J connectivity index is 1.87. The van der Waals surface area contributed by atoms with Gasteiger partial charge in [0, 0.05) is 24.0 Å². The molecule has 2 aromatic rings. The molecule has 0 aromatic heterocycles. The number of aliphatic hydroxyl groups is 1. The summed E-state index contributed by atoms with van der Waals surface area (Å²) in [5.74, 6) is -0.619. The van der Waals surface area contributed by atoms with Gasteiger partial charge in [-0.25, -0.2) is 10.0 Å². The van der Waals surface area contributed by atoms with Crippen molar-refractivity contribution in [2.24, 2.45) is 0 Å². The average Bonchev–Trinajstić information content (AvgIpc) is 3.07. The van der Waals surface area contributed by atoms with Crippen LogP contribution in [0.4, 0.5) is 0 Å². The Kier molecular flexibility index (Phi) is 5.41. The lowest BCUT2D eigenvalue weighted by Crippen LogP contribution is -2.52. The second-order valence-electron chi connectivity index (χ2n) is 7.19. The van der Waals surface area contributed by atoms with E-state index in [4.69, 9.17) is 4.74 Å². The van der Waals surface area contributed by atoms with Crippen LogP contribution < -0.4 is 0 Å². The van der Waals surface area contributed by atoms with Crippen molar-refractivity contribution in [3.63, 3.8) is 0 Å². The van der Waals surface area contributed by atoms with Crippen molar-refractivity contribution >= 4 is 5.97 Å². The molecule has 0 radical (unpaired) electrons. The monoisotopic (exact) mass is 356 g/mol. The minimum absolute atomic E-state index is 0.190. The number of esters is 1. The quantitative estimate of drug-likeness (QED) is 0.474. The summed E-state index contributed by atoms with van der Waals surface area (Å²) in [5.41, 5.74) is 0.512. The van der Waals surface area contributed by atoms with E-state index in [1.54, 1.807) is 0 Å². The minimum Gasteiger partial charge on any atom is -0.467 e. The van der Waals surface area contributed by atoms with Crippen molar-refractivity contribution in [1.29, 1.82) is 0 Å². The molecule has 5 nitrogen and oxygen atoms in total. The fourth-order valence-corrected chi connectivity index (χ4v) is 3.90. The predicted octanol–water partition coefficient (Wildman–Crippen LogP) is 3.05. The Labute approximate surface area is 154 Å². The van der Waals surface area contributed by atoms with E-state index in [1.807, 2.05) is 60.7 Å². The topological polar surface area (TPSA) is 66.8 Å². The Morgan fingerprint density at radius 2 is 1.58 bits per heavy atom. The fourth-order valence-electron chi connectivity index (χ4n) is 3.90. The van der Waals surface area contributed by atoms with Gasteiger partial charge in [-0.1, -0.05) is 60.7 Å². The highest BCUT2D eigenvalue weighted by molar-refractivity contribution is 5.79. The minimum atomic E-state index is -1.51. The van der Waals surface area contributed by atoms with Gasteiger partial charge in [0.15, 0.2) is 5.60 Å². The van der Waals surface area contributed by atoms with Crippen molar-refractivity contribution in [3.05, 3.63) is 71.8 Å². The smallest absolute Gasteiger partial charge is 0.338 e. The molecule has 0 bridgehead atoms. The molecule has 0 amide bonds. The molecule has 2 unspecified atom stereocenters. The van der Waals surface area contributed by atoms with Crippen LogP contribution in [0, 0.1) is 0 Å². The summed E-state index contributed by atoms with van der Waals surface area (Å²) in [4.78, 5) is 12.0. The standard InChI is InChI=1S/C21H26NO4/c1-26-20(23)21(24)13-12-19(14-21)22(25,15-17-8-4-2-5-9-17)16-18-10-6-3-7-11-18/h2-11,19,24-25H,12-16H2,1H3/q+1. The molecule has 26 heavy (non-hydrogen) atoms. The lowest BCUT2D eigenvalue weighted by molar-refractivity contribution is -1.14. The van der Waals surface area contributed by atoms with E-state index in [0.29, 0.717) is 25.9 Å². The number of rotatable bonds is 6. The van der Waals surface area contributed by atoms with Crippen LogP contribution in [0.3, 0.4) is 0 Å². The van der Waals surface area contributed by atoms with Crippen LogP contribution in [0.25, 0.3) is 0 Å². The summed E-state index contributed by atoms with van der Waals surface area (Å²) >= 11 is 0. The van der Waals surface area contributed by atoms with Gasteiger partial charge in [-0.3, -0.25) is 0 Å². The van der Waals surface area contributed by atoms with Crippen LogP contribution in [0.2, 0.25) is 0 Å². The van der Waals surface area contributed by atoms with Gasteiger partial charge in [0.05, 0.1) is 7.11 Å². The summed E-state index contributed by atoms with van der Waals surface area (Å²) < 4.78 is 4.51. The van der Waals surface area contributed by atoms with Crippen molar-refractivity contribution in [1.82, 2.24) is 0 Å². The maximum atomic E-state index is 12.0. The number of quaternary nitrogens is 1. The first kappa shape index (κ1) is 18.6. The highest BCUT2D eigenvalue weighted by Crippen LogP contribution is 2.38.